The highest BCUT2D eigenvalue weighted by molar-refractivity contribution is 5.99. The molecule has 0 saturated carbocycles. The molecule has 3 amide bonds. The fourth-order valence-electron chi connectivity index (χ4n) is 2.50. The van der Waals surface area contributed by atoms with Crippen LogP contribution in [-0.2, 0) is 4.79 Å². The van der Waals surface area contributed by atoms with E-state index in [0.29, 0.717) is 18.8 Å². The van der Waals surface area contributed by atoms with E-state index in [2.05, 4.69) is 10.6 Å². The molecule has 7 nitrogen and oxygen atoms in total. The molecular weight excluding hydrogens is 317 g/mol. The predicted octanol–water partition coefficient (Wildman–Crippen LogP) is 1.58. The van der Waals surface area contributed by atoms with Crippen molar-refractivity contribution >= 4 is 23.6 Å². The van der Waals surface area contributed by atoms with Crippen LogP contribution in [0, 0.1) is 11.7 Å². The Morgan fingerprint density at radius 2 is 2.12 bits per heavy atom. The van der Waals surface area contributed by atoms with Crippen LogP contribution in [0.3, 0.4) is 0 Å². The zero-order valence-corrected chi connectivity index (χ0v) is 13.5. The first-order valence-electron chi connectivity index (χ1n) is 7.68. The number of rotatable bonds is 6. The summed E-state index contributed by atoms with van der Waals surface area (Å²) in [5.74, 6) is -2.71. The maximum Gasteiger partial charge on any atom is 0.326 e. The molecule has 0 bridgehead atoms. The van der Waals surface area contributed by atoms with E-state index in [1.54, 1.807) is 0 Å². The van der Waals surface area contributed by atoms with Crippen molar-refractivity contribution in [1.29, 1.82) is 0 Å². The Hall–Kier alpha value is -2.64. The molecule has 1 aliphatic heterocycles. The van der Waals surface area contributed by atoms with Gasteiger partial charge in [-0.05, 0) is 30.5 Å². The summed E-state index contributed by atoms with van der Waals surface area (Å²) < 4.78 is 14.0. The Bertz CT molecular complexity index is 663. The maximum atomic E-state index is 14.0. The average molecular weight is 337 g/mol. The number of amides is 3. The molecule has 24 heavy (non-hydrogen) atoms. The largest absolute Gasteiger partial charge is 0.480 e. The average Bonchev–Trinajstić information content (AvgIpc) is 2.92. The van der Waals surface area contributed by atoms with Gasteiger partial charge in [-0.2, -0.15) is 0 Å². The molecule has 1 aliphatic rings. The van der Waals surface area contributed by atoms with Crippen molar-refractivity contribution in [2.24, 2.45) is 5.92 Å². The Kier molecular flexibility index (Phi) is 5.38. The first-order valence-corrected chi connectivity index (χ1v) is 7.68. The molecule has 130 valence electrons. The lowest BCUT2D eigenvalue weighted by molar-refractivity contribution is -0.139. The van der Waals surface area contributed by atoms with Crippen LogP contribution in [0.25, 0.3) is 0 Å². The lowest BCUT2D eigenvalue weighted by atomic mass is 10.0. The number of hydrogen-bond acceptors (Lipinski definition) is 3. The number of carbonyl (C=O) groups is 3. The number of benzene rings is 1. The van der Waals surface area contributed by atoms with Crippen molar-refractivity contribution in [2.75, 3.05) is 18.0 Å². The minimum atomic E-state index is -1.17. The van der Waals surface area contributed by atoms with Gasteiger partial charge in [0.05, 0.1) is 5.56 Å². The lowest BCUT2D eigenvalue weighted by Gasteiger charge is -2.18. The monoisotopic (exact) mass is 337 g/mol. The summed E-state index contributed by atoms with van der Waals surface area (Å²) in [6.07, 6.45) is 0.233. The second kappa shape index (κ2) is 7.29. The number of nitrogens with zero attached hydrogens (tertiary/aromatic N) is 1. The van der Waals surface area contributed by atoms with Crippen molar-refractivity contribution < 1.29 is 23.9 Å². The summed E-state index contributed by atoms with van der Waals surface area (Å²) in [6, 6.07) is 2.32. The van der Waals surface area contributed by atoms with Crippen LogP contribution in [0.15, 0.2) is 18.2 Å². The van der Waals surface area contributed by atoms with Crippen molar-refractivity contribution in [3.05, 3.63) is 29.6 Å². The highest BCUT2D eigenvalue weighted by Gasteiger charge is 2.26. The van der Waals surface area contributed by atoms with Gasteiger partial charge in [0, 0.05) is 18.8 Å². The molecule has 0 radical (unpaired) electrons. The van der Waals surface area contributed by atoms with Crippen LogP contribution in [0.1, 0.15) is 30.6 Å². The van der Waals surface area contributed by atoms with Gasteiger partial charge < -0.3 is 15.7 Å². The number of carboxylic acids is 1. The summed E-state index contributed by atoms with van der Waals surface area (Å²) in [5, 5.41) is 14.1. The summed E-state index contributed by atoms with van der Waals surface area (Å²) in [6.45, 7) is 4.54. The van der Waals surface area contributed by atoms with Crippen LogP contribution < -0.4 is 15.5 Å². The first-order chi connectivity index (χ1) is 11.3. The summed E-state index contributed by atoms with van der Waals surface area (Å²) >= 11 is 0. The zero-order chi connectivity index (χ0) is 17.9. The molecule has 0 spiro atoms. The van der Waals surface area contributed by atoms with E-state index in [4.69, 9.17) is 0 Å². The third-order valence-electron chi connectivity index (χ3n) is 3.67. The Labute approximate surface area is 138 Å². The first kappa shape index (κ1) is 17.7. The van der Waals surface area contributed by atoms with Gasteiger partial charge in [-0.3, -0.25) is 9.69 Å². The van der Waals surface area contributed by atoms with Crippen LogP contribution in [0.5, 0.6) is 0 Å². The third kappa shape index (κ3) is 4.01. The van der Waals surface area contributed by atoms with Gasteiger partial charge in [0.1, 0.15) is 11.9 Å². The quantitative estimate of drug-likeness (QED) is 0.734. The minimum absolute atomic E-state index is 0.0517. The molecule has 1 heterocycles. The fraction of sp³-hybridized carbons (Fsp3) is 0.438. The van der Waals surface area contributed by atoms with E-state index in [1.807, 2.05) is 13.8 Å². The van der Waals surface area contributed by atoms with Crippen molar-refractivity contribution in [1.82, 2.24) is 10.6 Å². The van der Waals surface area contributed by atoms with Gasteiger partial charge in [0.15, 0.2) is 0 Å². The van der Waals surface area contributed by atoms with Crippen LogP contribution in [-0.4, -0.2) is 42.1 Å². The second-order valence-electron chi connectivity index (χ2n) is 6.04. The molecule has 0 unspecified atom stereocenters. The molecule has 2 rings (SSSR count). The molecule has 3 N–H and O–H groups in total. The fourth-order valence-corrected chi connectivity index (χ4v) is 2.50. The van der Waals surface area contributed by atoms with E-state index in [0.717, 1.165) is 6.07 Å². The number of hydrogen-bond donors (Lipinski definition) is 3. The molecule has 0 aromatic heterocycles. The molecule has 1 fully saturated rings. The van der Waals surface area contributed by atoms with Gasteiger partial charge >= 0.3 is 12.0 Å². The minimum Gasteiger partial charge on any atom is -0.480 e. The van der Waals surface area contributed by atoms with Crippen LogP contribution in [0.2, 0.25) is 0 Å². The summed E-state index contributed by atoms with van der Waals surface area (Å²) in [5.41, 5.74) is 0.0921. The van der Waals surface area contributed by atoms with Gasteiger partial charge in [-0.25, -0.2) is 14.0 Å². The number of aliphatic carboxylic acids is 1. The number of urea groups is 1. The number of carbonyl (C=O) groups excluding carboxylic acids is 2. The Morgan fingerprint density at radius 3 is 2.67 bits per heavy atom. The molecule has 0 aliphatic carbocycles. The number of anilines is 1. The highest BCUT2D eigenvalue weighted by atomic mass is 19.1. The highest BCUT2D eigenvalue weighted by Crippen LogP contribution is 2.21. The third-order valence-corrected chi connectivity index (χ3v) is 3.67. The molecule has 1 saturated heterocycles. The Balaban J connectivity index is 2.21. The van der Waals surface area contributed by atoms with Crippen LogP contribution in [0.4, 0.5) is 14.9 Å². The number of carboxylic acid groups (broad SMARTS) is 1. The molecule has 1 atom stereocenters. The predicted molar refractivity (Wildman–Crippen MR) is 85.5 cm³/mol. The van der Waals surface area contributed by atoms with E-state index in [1.165, 1.54) is 17.0 Å². The topological polar surface area (TPSA) is 98.7 Å². The van der Waals surface area contributed by atoms with E-state index in [-0.39, 0.29) is 23.9 Å². The van der Waals surface area contributed by atoms with E-state index >= 15 is 0 Å². The summed E-state index contributed by atoms with van der Waals surface area (Å²) in [7, 11) is 0. The summed E-state index contributed by atoms with van der Waals surface area (Å²) in [4.78, 5) is 36.6. The Morgan fingerprint density at radius 1 is 1.42 bits per heavy atom. The van der Waals surface area contributed by atoms with Gasteiger partial charge in [0.2, 0.25) is 0 Å². The van der Waals surface area contributed by atoms with Crippen molar-refractivity contribution in [3.8, 4) is 0 Å². The standard InChI is InChI=1S/C16H20FN3O4/c1-9(2)7-13(15(22)23)19-14(21)11-8-10(3-4-12(11)17)20-6-5-18-16(20)24/h3-4,8-9,13H,5-7H2,1-2H3,(H,18,24)(H,19,21)(H,22,23)/t13-/m0/s1. The molecule has 1 aromatic rings. The second-order valence-corrected chi connectivity index (χ2v) is 6.04. The van der Waals surface area contributed by atoms with Gasteiger partial charge in [-0.1, -0.05) is 13.8 Å². The number of nitrogens with one attached hydrogen (secondary N) is 2. The van der Waals surface area contributed by atoms with E-state index in [9.17, 15) is 23.9 Å². The molecule has 1 aromatic carbocycles. The molecule has 8 heteroatoms. The molecular formula is C16H20FN3O4. The number of halogens is 1. The van der Waals surface area contributed by atoms with Crippen molar-refractivity contribution in [3.63, 3.8) is 0 Å². The smallest absolute Gasteiger partial charge is 0.326 e. The van der Waals surface area contributed by atoms with Crippen LogP contribution >= 0.6 is 0 Å². The van der Waals surface area contributed by atoms with Gasteiger partial charge in [-0.15, -0.1) is 0 Å². The van der Waals surface area contributed by atoms with Gasteiger partial charge in [0.25, 0.3) is 5.91 Å². The van der Waals surface area contributed by atoms with Crippen molar-refractivity contribution in [2.45, 2.75) is 26.3 Å². The normalized spacial score (nSPS) is 15.3. The SMILES string of the molecule is CC(C)C[C@H](NC(=O)c1cc(N2CCNC2=O)ccc1F)C(=O)O. The zero-order valence-electron chi connectivity index (χ0n) is 13.5. The lowest BCUT2D eigenvalue weighted by Crippen LogP contribution is -2.42. The maximum absolute atomic E-state index is 14.0. The van der Waals surface area contributed by atoms with E-state index < -0.39 is 23.7 Å².